The molecule has 2 aromatic rings. The number of amides is 1. The summed E-state index contributed by atoms with van der Waals surface area (Å²) in [6.45, 7) is 7.55. The SMILES string of the molecule is CC(C)(C)OC(=O)N1CCNC(c2cnc3ccnn3c2)C1. The molecule has 3 rings (SSSR count). The van der Waals surface area contributed by atoms with Gasteiger partial charge in [-0.15, -0.1) is 0 Å². The van der Waals surface area contributed by atoms with E-state index in [-0.39, 0.29) is 12.1 Å². The van der Waals surface area contributed by atoms with Crippen LogP contribution in [0.25, 0.3) is 5.65 Å². The van der Waals surface area contributed by atoms with E-state index in [4.69, 9.17) is 4.74 Å². The molecule has 0 bridgehead atoms. The van der Waals surface area contributed by atoms with Crippen LogP contribution in [0.1, 0.15) is 32.4 Å². The van der Waals surface area contributed by atoms with Gasteiger partial charge in [-0.05, 0) is 20.8 Å². The molecule has 7 heteroatoms. The van der Waals surface area contributed by atoms with E-state index in [0.717, 1.165) is 17.8 Å². The Morgan fingerprint density at radius 3 is 3.05 bits per heavy atom. The number of hydrogen-bond acceptors (Lipinski definition) is 5. The number of piperazine rings is 1. The van der Waals surface area contributed by atoms with Crippen molar-refractivity contribution in [1.82, 2.24) is 24.8 Å². The number of aromatic nitrogens is 3. The molecule has 1 unspecified atom stereocenters. The maximum absolute atomic E-state index is 12.2. The van der Waals surface area contributed by atoms with Gasteiger partial charge in [-0.1, -0.05) is 0 Å². The fourth-order valence-electron chi connectivity index (χ4n) is 2.47. The Kier molecular flexibility index (Phi) is 3.74. The van der Waals surface area contributed by atoms with Crippen LogP contribution in [0.5, 0.6) is 0 Å². The van der Waals surface area contributed by atoms with Crippen LogP contribution < -0.4 is 5.32 Å². The molecule has 1 fully saturated rings. The van der Waals surface area contributed by atoms with E-state index < -0.39 is 5.60 Å². The Morgan fingerprint density at radius 2 is 2.27 bits per heavy atom. The second-order valence-corrected chi connectivity index (χ2v) is 6.45. The molecule has 22 heavy (non-hydrogen) atoms. The van der Waals surface area contributed by atoms with Crippen LogP contribution in [0, 0.1) is 0 Å². The number of nitrogens with zero attached hydrogens (tertiary/aromatic N) is 4. The van der Waals surface area contributed by atoms with E-state index in [1.54, 1.807) is 15.6 Å². The molecule has 118 valence electrons. The number of fused-ring (bicyclic) bond motifs is 1. The molecule has 1 amide bonds. The van der Waals surface area contributed by atoms with Gasteiger partial charge >= 0.3 is 6.09 Å². The van der Waals surface area contributed by atoms with Crippen molar-refractivity contribution in [2.75, 3.05) is 19.6 Å². The Morgan fingerprint density at radius 1 is 1.45 bits per heavy atom. The molecule has 0 radical (unpaired) electrons. The Bertz CT molecular complexity index is 676. The van der Waals surface area contributed by atoms with E-state index in [1.165, 1.54) is 0 Å². The summed E-state index contributed by atoms with van der Waals surface area (Å²) >= 11 is 0. The van der Waals surface area contributed by atoms with E-state index in [1.807, 2.05) is 39.2 Å². The zero-order chi connectivity index (χ0) is 15.7. The Balaban J connectivity index is 1.73. The van der Waals surface area contributed by atoms with E-state index >= 15 is 0 Å². The second-order valence-electron chi connectivity index (χ2n) is 6.45. The van der Waals surface area contributed by atoms with Gasteiger partial charge in [-0.2, -0.15) is 5.10 Å². The molecule has 1 aliphatic rings. The van der Waals surface area contributed by atoms with Crippen LogP contribution in [0.2, 0.25) is 0 Å². The first kappa shape index (κ1) is 14.8. The predicted molar refractivity (Wildman–Crippen MR) is 81.5 cm³/mol. The summed E-state index contributed by atoms with van der Waals surface area (Å²) in [7, 11) is 0. The normalized spacial score (nSPS) is 19.4. The smallest absolute Gasteiger partial charge is 0.410 e. The monoisotopic (exact) mass is 303 g/mol. The van der Waals surface area contributed by atoms with Crippen molar-refractivity contribution in [1.29, 1.82) is 0 Å². The van der Waals surface area contributed by atoms with Crippen molar-refractivity contribution in [3.05, 3.63) is 30.2 Å². The fraction of sp³-hybridized carbons (Fsp3) is 0.533. The molecule has 3 heterocycles. The molecule has 1 N–H and O–H groups in total. The molecule has 0 spiro atoms. The van der Waals surface area contributed by atoms with Crippen LogP contribution in [0.15, 0.2) is 24.7 Å². The first-order valence-electron chi connectivity index (χ1n) is 7.43. The van der Waals surface area contributed by atoms with Gasteiger partial charge in [0.15, 0.2) is 5.65 Å². The number of nitrogens with one attached hydrogen (secondary N) is 1. The minimum Gasteiger partial charge on any atom is -0.444 e. The first-order chi connectivity index (χ1) is 10.4. The van der Waals surface area contributed by atoms with Crippen molar-refractivity contribution < 1.29 is 9.53 Å². The molecule has 1 saturated heterocycles. The van der Waals surface area contributed by atoms with Crippen molar-refractivity contribution in [2.45, 2.75) is 32.4 Å². The van der Waals surface area contributed by atoms with Crippen molar-refractivity contribution in [2.24, 2.45) is 0 Å². The Hall–Kier alpha value is -2.15. The summed E-state index contributed by atoms with van der Waals surface area (Å²) in [4.78, 5) is 18.3. The molecule has 1 atom stereocenters. The number of rotatable bonds is 1. The van der Waals surface area contributed by atoms with Gasteiger partial charge < -0.3 is 15.0 Å². The number of ether oxygens (including phenoxy) is 1. The van der Waals surface area contributed by atoms with Gasteiger partial charge in [0, 0.05) is 43.7 Å². The van der Waals surface area contributed by atoms with E-state index in [0.29, 0.717) is 13.1 Å². The van der Waals surface area contributed by atoms with Gasteiger partial charge in [0.2, 0.25) is 0 Å². The summed E-state index contributed by atoms with van der Waals surface area (Å²) in [5.41, 5.74) is 1.33. The minimum atomic E-state index is -0.479. The lowest BCUT2D eigenvalue weighted by Gasteiger charge is -2.34. The van der Waals surface area contributed by atoms with Crippen LogP contribution in [0.4, 0.5) is 4.79 Å². The van der Waals surface area contributed by atoms with Crippen molar-refractivity contribution in [3.63, 3.8) is 0 Å². The lowest BCUT2D eigenvalue weighted by atomic mass is 10.1. The summed E-state index contributed by atoms with van der Waals surface area (Å²) in [5, 5.41) is 7.61. The number of hydrogen-bond donors (Lipinski definition) is 1. The zero-order valence-electron chi connectivity index (χ0n) is 13.1. The molecule has 0 aliphatic carbocycles. The molecular weight excluding hydrogens is 282 g/mol. The lowest BCUT2D eigenvalue weighted by molar-refractivity contribution is 0.0195. The van der Waals surface area contributed by atoms with E-state index in [2.05, 4.69) is 15.4 Å². The highest BCUT2D eigenvalue weighted by atomic mass is 16.6. The van der Waals surface area contributed by atoms with Crippen LogP contribution in [-0.2, 0) is 4.74 Å². The minimum absolute atomic E-state index is 0.0300. The highest BCUT2D eigenvalue weighted by Gasteiger charge is 2.28. The molecule has 0 aromatic carbocycles. The lowest BCUT2D eigenvalue weighted by Crippen LogP contribution is -2.49. The quantitative estimate of drug-likeness (QED) is 0.866. The highest BCUT2D eigenvalue weighted by molar-refractivity contribution is 5.68. The first-order valence-corrected chi connectivity index (χ1v) is 7.43. The van der Waals surface area contributed by atoms with Crippen LogP contribution in [-0.4, -0.2) is 50.8 Å². The summed E-state index contributed by atoms with van der Waals surface area (Å²) in [6, 6.07) is 1.88. The van der Waals surface area contributed by atoms with Crippen LogP contribution in [0.3, 0.4) is 0 Å². The van der Waals surface area contributed by atoms with E-state index in [9.17, 15) is 4.79 Å². The van der Waals surface area contributed by atoms with Gasteiger partial charge in [0.25, 0.3) is 0 Å². The largest absolute Gasteiger partial charge is 0.444 e. The molecule has 2 aromatic heterocycles. The summed E-state index contributed by atoms with van der Waals surface area (Å²) in [6.07, 6.45) is 5.21. The van der Waals surface area contributed by atoms with Gasteiger partial charge in [0.1, 0.15) is 5.60 Å². The zero-order valence-corrected chi connectivity index (χ0v) is 13.1. The molecule has 1 aliphatic heterocycles. The van der Waals surface area contributed by atoms with Gasteiger partial charge in [-0.25, -0.2) is 14.3 Å². The predicted octanol–water partition coefficient (Wildman–Crippen LogP) is 1.61. The average Bonchev–Trinajstić information content (AvgIpc) is 2.93. The third kappa shape index (κ3) is 3.19. The molecule has 0 saturated carbocycles. The van der Waals surface area contributed by atoms with Gasteiger partial charge in [0.05, 0.1) is 12.2 Å². The third-order valence-corrected chi connectivity index (χ3v) is 3.50. The topological polar surface area (TPSA) is 71.8 Å². The maximum Gasteiger partial charge on any atom is 0.410 e. The summed E-state index contributed by atoms with van der Waals surface area (Å²) < 4.78 is 7.18. The number of carbonyl (C=O) groups is 1. The molecular formula is C15H21N5O2. The van der Waals surface area contributed by atoms with Gasteiger partial charge in [-0.3, -0.25) is 0 Å². The number of carbonyl (C=O) groups excluding carboxylic acids is 1. The van der Waals surface area contributed by atoms with Crippen molar-refractivity contribution >= 4 is 11.7 Å². The van der Waals surface area contributed by atoms with Crippen LogP contribution >= 0.6 is 0 Å². The summed E-state index contributed by atoms with van der Waals surface area (Å²) in [5.74, 6) is 0. The molecule has 7 nitrogen and oxygen atoms in total. The highest BCUT2D eigenvalue weighted by Crippen LogP contribution is 2.19. The third-order valence-electron chi connectivity index (χ3n) is 3.50. The van der Waals surface area contributed by atoms with Crippen molar-refractivity contribution in [3.8, 4) is 0 Å². The maximum atomic E-state index is 12.2. The standard InChI is InChI=1S/C15H21N5O2/c1-15(2,3)22-14(21)19-7-6-16-12(10-19)11-8-17-13-4-5-18-20(13)9-11/h4-5,8-9,12,16H,6-7,10H2,1-3H3. The second kappa shape index (κ2) is 5.57. The fourth-order valence-corrected chi connectivity index (χ4v) is 2.47. The Labute approximate surface area is 129 Å². The average molecular weight is 303 g/mol.